The van der Waals surface area contributed by atoms with Gasteiger partial charge in [-0.2, -0.15) is 0 Å². The summed E-state index contributed by atoms with van der Waals surface area (Å²) in [5.41, 5.74) is 2.94. The van der Waals surface area contributed by atoms with Gasteiger partial charge in [0.1, 0.15) is 5.75 Å². The number of rotatable bonds is 4. The number of hydrogen-bond donors (Lipinski definition) is 0. The molecule has 1 aromatic carbocycles. The molecule has 4 rings (SSSR count). The largest absolute Gasteiger partial charge is 0.497 e. The average molecular weight is 394 g/mol. The Balaban J connectivity index is 1.49. The highest BCUT2D eigenvalue weighted by Crippen LogP contribution is 2.31. The lowest BCUT2D eigenvalue weighted by Crippen LogP contribution is -2.36. The quantitative estimate of drug-likeness (QED) is 0.795. The molecule has 7 heteroatoms. The Morgan fingerprint density at radius 1 is 1.28 bits per heavy atom. The second-order valence-corrected chi connectivity index (χ2v) is 7.66. The van der Waals surface area contributed by atoms with Crippen LogP contribution in [-0.4, -0.2) is 51.8 Å². The zero-order valence-electron chi connectivity index (χ0n) is 16.9. The van der Waals surface area contributed by atoms with Crippen LogP contribution in [0.3, 0.4) is 0 Å². The molecule has 2 aliphatic heterocycles. The van der Waals surface area contributed by atoms with Crippen LogP contribution in [0.25, 0.3) is 0 Å². The Morgan fingerprint density at radius 2 is 2.14 bits per heavy atom. The first-order valence-electron chi connectivity index (χ1n) is 10.1. The molecule has 29 heavy (non-hydrogen) atoms. The van der Waals surface area contributed by atoms with Crippen molar-refractivity contribution in [2.24, 2.45) is 0 Å². The van der Waals surface area contributed by atoms with Gasteiger partial charge >= 0.3 is 0 Å². The van der Waals surface area contributed by atoms with Gasteiger partial charge in [-0.3, -0.25) is 9.59 Å². The molecule has 1 fully saturated rings. The van der Waals surface area contributed by atoms with Crippen LogP contribution in [0.15, 0.2) is 30.5 Å². The van der Waals surface area contributed by atoms with Gasteiger partial charge in [-0.25, -0.2) is 9.97 Å². The van der Waals surface area contributed by atoms with Crippen molar-refractivity contribution in [1.29, 1.82) is 0 Å². The van der Waals surface area contributed by atoms with Crippen LogP contribution in [0.4, 0.5) is 0 Å². The molecule has 0 spiro atoms. The van der Waals surface area contributed by atoms with Crippen LogP contribution in [0.1, 0.15) is 48.5 Å². The summed E-state index contributed by atoms with van der Waals surface area (Å²) in [6.45, 7) is 3.56. The van der Waals surface area contributed by atoms with Gasteiger partial charge in [-0.1, -0.05) is 12.1 Å². The smallest absolute Gasteiger partial charge is 0.227 e. The standard InChI is InChI=1S/C22H26N4O3/c1-15(27)25-10-8-19-17(14-25)13-23-22(24-19)20-7-4-9-26(20)21(28)12-16-5-3-6-18(11-16)29-2/h3,5-6,11,13,20H,4,7-10,12,14H2,1-2H3/t20-/m0/s1. The molecule has 0 bridgehead atoms. The van der Waals surface area contributed by atoms with E-state index in [1.54, 1.807) is 14.0 Å². The van der Waals surface area contributed by atoms with E-state index in [-0.39, 0.29) is 17.9 Å². The molecular formula is C22H26N4O3. The Kier molecular flexibility index (Phi) is 5.47. The van der Waals surface area contributed by atoms with Crippen LogP contribution in [0, 0.1) is 0 Å². The number of amides is 2. The van der Waals surface area contributed by atoms with Crippen molar-refractivity contribution in [2.45, 2.75) is 45.2 Å². The highest BCUT2D eigenvalue weighted by Gasteiger charge is 2.32. The maximum absolute atomic E-state index is 13.0. The highest BCUT2D eigenvalue weighted by molar-refractivity contribution is 5.79. The summed E-state index contributed by atoms with van der Waals surface area (Å²) in [4.78, 5) is 37.7. The number of carbonyl (C=O) groups is 2. The second kappa shape index (κ2) is 8.19. The average Bonchev–Trinajstić information content (AvgIpc) is 3.23. The molecule has 0 unspecified atom stereocenters. The first-order valence-corrected chi connectivity index (χ1v) is 10.1. The lowest BCUT2D eigenvalue weighted by atomic mass is 10.1. The maximum Gasteiger partial charge on any atom is 0.227 e. The van der Waals surface area contributed by atoms with Gasteiger partial charge in [0.2, 0.25) is 11.8 Å². The molecule has 0 radical (unpaired) electrons. The van der Waals surface area contributed by atoms with Crippen LogP contribution >= 0.6 is 0 Å². The number of fused-ring (bicyclic) bond motifs is 1. The first-order chi connectivity index (χ1) is 14.0. The lowest BCUT2D eigenvalue weighted by molar-refractivity contribution is -0.132. The molecule has 1 saturated heterocycles. The fourth-order valence-electron chi connectivity index (χ4n) is 4.15. The summed E-state index contributed by atoms with van der Waals surface area (Å²) >= 11 is 0. The van der Waals surface area contributed by atoms with Crippen LogP contribution < -0.4 is 4.74 Å². The van der Waals surface area contributed by atoms with E-state index in [0.717, 1.165) is 54.2 Å². The lowest BCUT2D eigenvalue weighted by Gasteiger charge is -2.28. The minimum atomic E-state index is -0.0794. The predicted molar refractivity (Wildman–Crippen MR) is 107 cm³/mol. The predicted octanol–water partition coefficient (Wildman–Crippen LogP) is 2.30. The van der Waals surface area contributed by atoms with E-state index in [4.69, 9.17) is 9.72 Å². The number of carbonyl (C=O) groups excluding carboxylic acids is 2. The Hall–Kier alpha value is -2.96. The summed E-state index contributed by atoms with van der Waals surface area (Å²) in [5, 5.41) is 0. The van der Waals surface area contributed by atoms with Gasteiger partial charge in [-0.05, 0) is 30.5 Å². The van der Waals surface area contributed by atoms with Crippen molar-refractivity contribution in [3.05, 3.63) is 53.1 Å². The number of nitrogens with zero attached hydrogens (tertiary/aromatic N) is 4. The number of methoxy groups -OCH3 is 1. The summed E-state index contributed by atoms with van der Waals surface area (Å²) in [7, 11) is 1.63. The molecule has 0 saturated carbocycles. The summed E-state index contributed by atoms with van der Waals surface area (Å²) in [6, 6.07) is 7.55. The molecule has 2 aliphatic rings. The van der Waals surface area contributed by atoms with Gasteiger partial charge in [0.25, 0.3) is 0 Å². The molecule has 1 atom stereocenters. The minimum absolute atomic E-state index is 0.0739. The third-order valence-electron chi connectivity index (χ3n) is 5.76. The van der Waals surface area contributed by atoms with E-state index in [0.29, 0.717) is 19.5 Å². The molecule has 0 N–H and O–H groups in total. The number of benzene rings is 1. The van der Waals surface area contributed by atoms with E-state index >= 15 is 0 Å². The number of aromatic nitrogens is 2. The van der Waals surface area contributed by atoms with Gasteiger partial charge < -0.3 is 14.5 Å². The van der Waals surface area contributed by atoms with Gasteiger partial charge in [-0.15, -0.1) is 0 Å². The third kappa shape index (κ3) is 4.09. The van der Waals surface area contributed by atoms with Crippen molar-refractivity contribution in [2.75, 3.05) is 20.2 Å². The summed E-state index contributed by atoms with van der Waals surface area (Å²) in [6.07, 6.45) is 4.73. The second-order valence-electron chi connectivity index (χ2n) is 7.66. The molecule has 1 aromatic heterocycles. The van der Waals surface area contributed by atoms with Crippen molar-refractivity contribution in [1.82, 2.24) is 19.8 Å². The van der Waals surface area contributed by atoms with Crippen LogP contribution in [-0.2, 0) is 29.0 Å². The number of hydrogen-bond acceptors (Lipinski definition) is 5. The van der Waals surface area contributed by atoms with E-state index < -0.39 is 0 Å². The van der Waals surface area contributed by atoms with Crippen LogP contribution in [0.2, 0.25) is 0 Å². The molecule has 2 aromatic rings. The van der Waals surface area contributed by atoms with Gasteiger partial charge in [0.05, 0.1) is 25.3 Å². The van der Waals surface area contributed by atoms with E-state index in [9.17, 15) is 9.59 Å². The summed E-state index contributed by atoms with van der Waals surface area (Å²) < 4.78 is 5.26. The van der Waals surface area contributed by atoms with E-state index in [1.165, 1.54) is 0 Å². The Morgan fingerprint density at radius 3 is 2.93 bits per heavy atom. The van der Waals surface area contributed by atoms with Crippen molar-refractivity contribution in [3.8, 4) is 5.75 Å². The molecular weight excluding hydrogens is 368 g/mol. The van der Waals surface area contributed by atoms with Crippen molar-refractivity contribution < 1.29 is 14.3 Å². The van der Waals surface area contributed by atoms with Crippen molar-refractivity contribution >= 4 is 11.8 Å². The molecule has 152 valence electrons. The topological polar surface area (TPSA) is 75.6 Å². The van der Waals surface area contributed by atoms with Crippen molar-refractivity contribution in [3.63, 3.8) is 0 Å². The number of ether oxygens (including phenoxy) is 1. The monoisotopic (exact) mass is 394 g/mol. The van der Waals surface area contributed by atoms with Crippen LogP contribution in [0.5, 0.6) is 5.75 Å². The SMILES string of the molecule is COc1cccc(CC(=O)N2CCC[C@H]2c2ncc3c(n2)CCN(C(C)=O)C3)c1. The number of likely N-dealkylation sites (tertiary alicyclic amines) is 1. The molecule has 0 aliphatic carbocycles. The normalized spacial score (nSPS) is 18.5. The zero-order chi connectivity index (χ0) is 20.4. The molecule has 7 nitrogen and oxygen atoms in total. The maximum atomic E-state index is 13.0. The van der Waals surface area contributed by atoms with Gasteiger partial charge in [0, 0.05) is 44.7 Å². The van der Waals surface area contributed by atoms with Gasteiger partial charge in [0.15, 0.2) is 5.82 Å². The first kappa shape index (κ1) is 19.4. The molecule has 3 heterocycles. The fourth-order valence-corrected chi connectivity index (χ4v) is 4.15. The highest BCUT2D eigenvalue weighted by atomic mass is 16.5. The van der Waals surface area contributed by atoms with E-state index in [2.05, 4.69) is 4.98 Å². The Labute approximate surface area is 170 Å². The minimum Gasteiger partial charge on any atom is -0.497 e. The van der Waals surface area contributed by atoms with E-state index in [1.807, 2.05) is 40.3 Å². The molecule has 2 amide bonds. The third-order valence-corrected chi connectivity index (χ3v) is 5.76. The Bertz CT molecular complexity index is 930. The zero-order valence-corrected chi connectivity index (χ0v) is 16.9. The summed E-state index contributed by atoms with van der Waals surface area (Å²) in [5.74, 6) is 1.64. The fraction of sp³-hybridized carbons (Fsp3) is 0.455.